The molecule has 0 radical (unpaired) electrons. The highest BCUT2D eigenvalue weighted by Crippen LogP contribution is 2.56. The fourth-order valence-electron chi connectivity index (χ4n) is 6.09. The van der Waals surface area contributed by atoms with Crippen molar-refractivity contribution < 1.29 is 28.5 Å². The standard InChI is InChI=1S/C39H38O6/c1-7-37(40)44-27(5)23-42-35-19-17-29(21-25(35)3)39(33-15-11-9-13-31(33)32-14-10-12-16-34(32)39)30-18-20-36(26(4)22-30)43-24-28(6)45-38(41)8-2/h7-22,27-28H,1-2,23-24H2,3-6H3. The first-order chi connectivity index (χ1) is 21.7. The van der Waals surface area contributed by atoms with Crippen LogP contribution in [0, 0.1) is 13.8 Å². The lowest BCUT2D eigenvalue weighted by atomic mass is 9.67. The predicted molar refractivity (Wildman–Crippen MR) is 176 cm³/mol. The topological polar surface area (TPSA) is 71.1 Å². The lowest BCUT2D eigenvalue weighted by molar-refractivity contribution is -0.144. The average molecular weight is 603 g/mol. The van der Waals surface area contributed by atoms with Crippen LogP contribution in [0.15, 0.2) is 110 Å². The third kappa shape index (κ3) is 6.14. The van der Waals surface area contributed by atoms with Gasteiger partial charge in [-0.25, -0.2) is 9.59 Å². The molecule has 0 heterocycles. The molecule has 0 aliphatic heterocycles. The minimum absolute atomic E-state index is 0.225. The summed E-state index contributed by atoms with van der Waals surface area (Å²) in [5.74, 6) is 0.495. The number of rotatable bonds is 12. The summed E-state index contributed by atoms with van der Waals surface area (Å²) >= 11 is 0. The molecule has 0 saturated heterocycles. The Balaban J connectivity index is 1.56. The van der Waals surface area contributed by atoms with E-state index in [1.165, 1.54) is 22.3 Å². The van der Waals surface area contributed by atoms with Crippen LogP contribution in [0.2, 0.25) is 0 Å². The van der Waals surface area contributed by atoms with Crippen molar-refractivity contribution >= 4 is 11.9 Å². The number of carbonyl (C=O) groups is 2. The van der Waals surface area contributed by atoms with Gasteiger partial charge in [-0.3, -0.25) is 0 Å². The number of carbonyl (C=O) groups excluding carboxylic acids is 2. The highest BCUT2D eigenvalue weighted by molar-refractivity contribution is 5.86. The lowest BCUT2D eigenvalue weighted by Crippen LogP contribution is -2.29. The second-order valence-electron chi connectivity index (χ2n) is 11.3. The Labute approximate surface area is 264 Å². The van der Waals surface area contributed by atoms with Gasteiger partial charge in [0.15, 0.2) is 0 Å². The number of esters is 2. The molecule has 45 heavy (non-hydrogen) atoms. The molecule has 4 aromatic rings. The van der Waals surface area contributed by atoms with Crippen LogP contribution in [-0.2, 0) is 24.5 Å². The third-order valence-corrected chi connectivity index (χ3v) is 8.08. The molecule has 0 saturated carbocycles. The zero-order valence-corrected chi connectivity index (χ0v) is 26.2. The van der Waals surface area contributed by atoms with Crippen LogP contribution in [0.5, 0.6) is 11.5 Å². The van der Waals surface area contributed by atoms with Crippen molar-refractivity contribution in [3.05, 3.63) is 144 Å². The normalized spacial score (nSPS) is 13.9. The van der Waals surface area contributed by atoms with Crippen molar-refractivity contribution in [1.29, 1.82) is 0 Å². The first kappa shape index (κ1) is 31.3. The average Bonchev–Trinajstić information content (AvgIpc) is 3.34. The molecule has 0 spiro atoms. The Bertz CT molecular complexity index is 1620. The van der Waals surface area contributed by atoms with Crippen LogP contribution in [-0.4, -0.2) is 37.4 Å². The summed E-state index contributed by atoms with van der Waals surface area (Å²) in [6, 6.07) is 29.7. The van der Waals surface area contributed by atoms with Gasteiger partial charge in [0.05, 0.1) is 5.41 Å². The summed E-state index contributed by atoms with van der Waals surface area (Å²) in [7, 11) is 0. The molecule has 2 atom stereocenters. The van der Waals surface area contributed by atoms with Crippen LogP contribution in [0.4, 0.5) is 0 Å². The molecule has 2 unspecified atom stereocenters. The molecule has 230 valence electrons. The van der Waals surface area contributed by atoms with E-state index < -0.39 is 29.6 Å². The molecular weight excluding hydrogens is 564 g/mol. The van der Waals surface area contributed by atoms with E-state index in [1.54, 1.807) is 13.8 Å². The van der Waals surface area contributed by atoms with Crippen molar-refractivity contribution in [2.75, 3.05) is 13.2 Å². The van der Waals surface area contributed by atoms with Crippen LogP contribution in [0.1, 0.15) is 47.2 Å². The fourth-order valence-corrected chi connectivity index (χ4v) is 6.09. The molecule has 6 nitrogen and oxygen atoms in total. The Hall–Kier alpha value is -5.10. The van der Waals surface area contributed by atoms with Crippen LogP contribution in [0.3, 0.4) is 0 Å². The molecule has 1 aliphatic rings. The molecule has 0 amide bonds. The SMILES string of the molecule is C=CC(=O)OC(C)COc1ccc(C2(c3ccc(OCC(C)OC(=O)C=C)c(C)c3)c3ccccc3-c3ccccc32)cc1C. The predicted octanol–water partition coefficient (Wildman–Crippen LogP) is 7.66. The van der Waals surface area contributed by atoms with Crippen LogP contribution in [0.25, 0.3) is 11.1 Å². The Kier molecular flexibility index (Phi) is 9.24. The fraction of sp³-hybridized carbons (Fsp3) is 0.231. The highest BCUT2D eigenvalue weighted by atomic mass is 16.6. The van der Waals surface area contributed by atoms with Gasteiger partial charge < -0.3 is 18.9 Å². The van der Waals surface area contributed by atoms with E-state index in [-0.39, 0.29) is 13.2 Å². The van der Waals surface area contributed by atoms with E-state index in [9.17, 15) is 9.59 Å². The van der Waals surface area contributed by atoms with Gasteiger partial charge in [0.1, 0.15) is 36.9 Å². The number of hydrogen-bond donors (Lipinski definition) is 0. The Morgan fingerprint density at radius 2 is 1.07 bits per heavy atom. The molecule has 1 aliphatic carbocycles. The molecule has 6 heteroatoms. The summed E-state index contributed by atoms with van der Waals surface area (Å²) < 4.78 is 22.7. The van der Waals surface area contributed by atoms with Crippen molar-refractivity contribution in [3.8, 4) is 22.6 Å². The largest absolute Gasteiger partial charge is 0.489 e. The van der Waals surface area contributed by atoms with Gasteiger partial charge in [-0.2, -0.15) is 0 Å². The number of benzene rings is 4. The van der Waals surface area contributed by atoms with Gasteiger partial charge in [0.2, 0.25) is 0 Å². The minimum Gasteiger partial charge on any atom is -0.489 e. The first-order valence-corrected chi connectivity index (χ1v) is 15.0. The molecule has 0 aromatic heterocycles. The number of fused-ring (bicyclic) bond motifs is 3. The van der Waals surface area contributed by atoms with Crippen LogP contribution < -0.4 is 9.47 Å². The van der Waals surface area contributed by atoms with E-state index in [0.29, 0.717) is 0 Å². The highest BCUT2D eigenvalue weighted by Gasteiger charge is 2.46. The van der Waals surface area contributed by atoms with Crippen molar-refractivity contribution in [2.24, 2.45) is 0 Å². The van der Waals surface area contributed by atoms with E-state index in [2.05, 4.69) is 86.0 Å². The maximum atomic E-state index is 11.6. The maximum Gasteiger partial charge on any atom is 0.330 e. The molecule has 5 rings (SSSR count). The summed E-state index contributed by atoms with van der Waals surface area (Å²) in [4.78, 5) is 23.2. The summed E-state index contributed by atoms with van der Waals surface area (Å²) in [5, 5.41) is 0. The Morgan fingerprint density at radius 1 is 0.667 bits per heavy atom. The third-order valence-electron chi connectivity index (χ3n) is 8.08. The number of hydrogen-bond acceptors (Lipinski definition) is 6. The summed E-state index contributed by atoms with van der Waals surface area (Å²) in [5.41, 5.74) is 8.33. The van der Waals surface area contributed by atoms with Gasteiger partial charge in [-0.15, -0.1) is 0 Å². The second kappa shape index (κ2) is 13.3. The van der Waals surface area contributed by atoms with Gasteiger partial charge in [-0.05, 0) is 84.3 Å². The Morgan fingerprint density at radius 3 is 1.44 bits per heavy atom. The number of aryl methyl sites for hydroxylation is 2. The quantitative estimate of drug-likeness (QED) is 0.108. The van der Waals surface area contributed by atoms with Crippen molar-refractivity contribution in [3.63, 3.8) is 0 Å². The van der Waals surface area contributed by atoms with Crippen LogP contribution >= 0.6 is 0 Å². The van der Waals surface area contributed by atoms with E-state index >= 15 is 0 Å². The van der Waals surface area contributed by atoms with E-state index in [0.717, 1.165) is 45.9 Å². The van der Waals surface area contributed by atoms with E-state index in [1.807, 2.05) is 26.0 Å². The lowest BCUT2D eigenvalue weighted by Gasteiger charge is -2.34. The molecule has 0 bridgehead atoms. The maximum absolute atomic E-state index is 11.6. The van der Waals surface area contributed by atoms with Gasteiger partial charge in [-0.1, -0.05) is 86.0 Å². The van der Waals surface area contributed by atoms with E-state index in [4.69, 9.17) is 18.9 Å². The number of ether oxygens (including phenoxy) is 4. The van der Waals surface area contributed by atoms with Gasteiger partial charge >= 0.3 is 11.9 Å². The molecular formula is C39H38O6. The van der Waals surface area contributed by atoms with Crippen molar-refractivity contribution in [1.82, 2.24) is 0 Å². The minimum atomic E-state index is -0.598. The molecule has 0 N–H and O–H groups in total. The zero-order valence-electron chi connectivity index (χ0n) is 26.2. The molecule has 0 fully saturated rings. The van der Waals surface area contributed by atoms with Gasteiger partial charge in [0.25, 0.3) is 0 Å². The first-order valence-electron chi connectivity index (χ1n) is 15.0. The summed E-state index contributed by atoms with van der Waals surface area (Å²) in [6.07, 6.45) is 1.45. The van der Waals surface area contributed by atoms with Crippen molar-refractivity contribution in [2.45, 2.75) is 45.3 Å². The molecule has 4 aromatic carbocycles. The smallest absolute Gasteiger partial charge is 0.330 e. The zero-order chi connectivity index (χ0) is 32.1. The monoisotopic (exact) mass is 602 g/mol. The second-order valence-corrected chi connectivity index (χ2v) is 11.3. The summed E-state index contributed by atoms with van der Waals surface area (Å²) in [6.45, 7) is 15.0. The van der Waals surface area contributed by atoms with Gasteiger partial charge in [0, 0.05) is 12.2 Å².